The van der Waals surface area contributed by atoms with E-state index in [1.807, 2.05) is 31.4 Å². The molecule has 0 bridgehead atoms. The van der Waals surface area contributed by atoms with Crippen molar-refractivity contribution in [1.29, 1.82) is 0 Å². The van der Waals surface area contributed by atoms with E-state index >= 15 is 0 Å². The normalized spacial score (nSPS) is 12.9. The number of likely N-dealkylation sites (N-methyl/N-ethyl adjacent to an activating group) is 1. The van der Waals surface area contributed by atoms with Crippen LogP contribution >= 0.6 is 11.3 Å². The van der Waals surface area contributed by atoms with Crippen LogP contribution in [0.4, 0.5) is 13.2 Å². The standard InChI is InChI=1S/C22H20F3N3O2S/c1-3-28(14(2)19-5-4-8-31-19)20(29)10-17-12-27-11-16(15-6-7-30-13-15)9-18(21(27)26-17)22(23,24)25/h4-9,11-14H,3,10H2,1-2H3. The predicted molar refractivity (Wildman–Crippen MR) is 112 cm³/mol. The summed E-state index contributed by atoms with van der Waals surface area (Å²) in [6.07, 6.45) is 1.16. The number of carbonyl (C=O) groups is 1. The highest BCUT2D eigenvalue weighted by molar-refractivity contribution is 7.10. The van der Waals surface area contributed by atoms with Gasteiger partial charge >= 0.3 is 6.18 Å². The number of nitrogens with zero attached hydrogens (tertiary/aromatic N) is 3. The molecule has 0 N–H and O–H groups in total. The summed E-state index contributed by atoms with van der Waals surface area (Å²) >= 11 is 1.56. The van der Waals surface area contributed by atoms with Crippen LogP contribution in [0.15, 0.2) is 59.0 Å². The number of amides is 1. The number of aromatic nitrogens is 2. The Kier molecular flexibility index (Phi) is 5.62. The lowest BCUT2D eigenvalue weighted by atomic mass is 10.1. The first kappa shape index (κ1) is 21.2. The number of halogens is 3. The Morgan fingerprint density at radius 3 is 2.71 bits per heavy atom. The van der Waals surface area contributed by atoms with Gasteiger partial charge in [-0.3, -0.25) is 4.79 Å². The van der Waals surface area contributed by atoms with Crippen molar-refractivity contribution in [3.05, 3.63) is 70.7 Å². The van der Waals surface area contributed by atoms with Crippen LogP contribution in [0.1, 0.15) is 36.0 Å². The summed E-state index contributed by atoms with van der Waals surface area (Å²) in [7, 11) is 0. The molecule has 1 atom stereocenters. The maximum Gasteiger partial charge on any atom is 0.420 e. The maximum atomic E-state index is 13.7. The lowest BCUT2D eigenvalue weighted by Gasteiger charge is -2.27. The fourth-order valence-corrected chi connectivity index (χ4v) is 4.43. The highest BCUT2D eigenvalue weighted by atomic mass is 32.1. The number of furan rings is 1. The molecule has 4 aromatic heterocycles. The van der Waals surface area contributed by atoms with Crippen molar-refractivity contribution in [3.63, 3.8) is 0 Å². The first-order valence-corrected chi connectivity index (χ1v) is 10.6. The number of alkyl halides is 3. The SMILES string of the molecule is CCN(C(=O)Cc1cn2cc(-c3ccoc3)cc(C(F)(F)F)c2n1)C(C)c1cccs1. The van der Waals surface area contributed by atoms with E-state index in [2.05, 4.69) is 4.98 Å². The molecule has 0 saturated carbocycles. The van der Waals surface area contributed by atoms with Crippen molar-refractivity contribution in [1.82, 2.24) is 14.3 Å². The van der Waals surface area contributed by atoms with Crippen molar-refractivity contribution in [3.8, 4) is 11.1 Å². The van der Waals surface area contributed by atoms with Crippen LogP contribution in [-0.4, -0.2) is 26.7 Å². The average Bonchev–Trinajstić information content (AvgIpc) is 3.47. The van der Waals surface area contributed by atoms with Crippen molar-refractivity contribution in [2.75, 3.05) is 6.54 Å². The van der Waals surface area contributed by atoms with Crippen LogP contribution in [0.5, 0.6) is 0 Å². The first-order valence-electron chi connectivity index (χ1n) is 9.72. The molecule has 31 heavy (non-hydrogen) atoms. The van der Waals surface area contributed by atoms with Gasteiger partial charge in [0.15, 0.2) is 0 Å². The highest BCUT2D eigenvalue weighted by Gasteiger charge is 2.35. The Morgan fingerprint density at radius 1 is 1.29 bits per heavy atom. The molecule has 0 aliphatic heterocycles. The van der Waals surface area contributed by atoms with Crippen LogP contribution in [-0.2, 0) is 17.4 Å². The molecular formula is C22H20F3N3O2S. The quantitative estimate of drug-likeness (QED) is 0.374. The van der Waals surface area contributed by atoms with Crippen LogP contribution in [0.3, 0.4) is 0 Å². The number of imidazole rings is 1. The van der Waals surface area contributed by atoms with Gasteiger partial charge in [0, 0.05) is 34.9 Å². The Morgan fingerprint density at radius 2 is 2.10 bits per heavy atom. The van der Waals surface area contributed by atoms with Crippen LogP contribution in [0.25, 0.3) is 16.8 Å². The van der Waals surface area contributed by atoms with Crippen molar-refractivity contribution < 1.29 is 22.4 Å². The molecule has 4 heterocycles. The van der Waals surface area contributed by atoms with E-state index in [9.17, 15) is 18.0 Å². The number of thiophene rings is 1. The van der Waals surface area contributed by atoms with Crippen molar-refractivity contribution in [2.45, 2.75) is 32.5 Å². The largest absolute Gasteiger partial charge is 0.472 e. The number of pyridine rings is 1. The Bertz CT molecular complexity index is 1180. The van der Waals surface area contributed by atoms with Crippen molar-refractivity contribution >= 4 is 22.9 Å². The van der Waals surface area contributed by atoms with Gasteiger partial charge in [-0.25, -0.2) is 4.98 Å². The van der Waals surface area contributed by atoms with E-state index in [-0.39, 0.29) is 29.7 Å². The third-order valence-corrected chi connectivity index (χ3v) is 6.22. The summed E-state index contributed by atoms with van der Waals surface area (Å²) in [5.41, 5.74) is 0.0868. The fraction of sp³-hybridized carbons (Fsp3) is 0.273. The second-order valence-electron chi connectivity index (χ2n) is 7.16. The molecule has 1 unspecified atom stereocenters. The molecule has 9 heteroatoms. The van der Waals surface area contributed by atoms with Gasteiger partial charge in [-0.1, -0.05) is 6.07 Å². The van der Waals surface area contributed by atoms with E-state index in [0.29, 0.717) is 17.7 Å². The van der Waals surface area contributed by atoms with E-state index in [4.69, 9.17) is 4.42 Å². The molecule has 0 saturated heterocycles. The lowest BCUT2D eigenvalue weighted by molar-refractivity contribution is -0.136. The van der Waals surface area contributed by atoms with Gasteiger partial charge in [-0.2, -0.15) is 13.2 Å². The molecule has 1 amide bonds. The van der Waals surface area contributed by atoms with E-state index in [0.717, 1.165) is 10.9 Å². The van der Waals surface area contributed by atoms with Gasteiger partial charge in [0.25, 0.3) is 0 Å². The summed E-state index contributed by atoms with van der Waals surface area (Å²) < 4.78 is 47.4. The van der Waals surface area contributed by atoms with Gasteiger partial charge in [0.1, 0.15) is 5.65 Å². The Hall–Kier alpha value is -3.07. The zero-order valence-corrected chi connectivity index (χ0v) is 17.7. The van der Waals surface area contributed by atoms with Gasteiger partial charge in [0.05, 0.1) is 36.2 Å². The van der Waals surface area contributed by atoms with Crippen LogP contribution in [0.2, 0.25) is 0 Å². The topological polar surface area (TPSA) is 50.8 Å². The molecule has 0 spiro atoms. The minimum absolute atomic E-state index is 0.0798. The second kappa shape index (κ2) is 8.22. The first-order chi connectivity index (χ1) is 14.8. The molecule has 4 rings (SSSR count). The molecule has 0 fully saturated rings. The second-order valence-corrected chi connectivity index (χ2v) is 8.14. The molecule has 162 valence electrons. The average molecular weight is 447 g/mol. The monoisotopic (exact) mass is 447 g/mol. The zero-order valence-electron chi connectivity index (χ0n) is 16.9. The maximum absolute atomic E-state index is 13.7. The molecule has 0 aromatic carbocycles. The summed E-state index contributed by atoms with van der Waals surface area (Å²) in [6.45, 7) is 4.31. The third kappa shape index (κ3) is 4.23. The molecule has 0 aliphatic rings. The zero-order chi connectivity index (χ0) is 22.2. The smallest absolute Gasteiger partial charge is 0.420 e. The van der Waals surface area contributed by atoms with E-state index in [1.165, 1.54) is 23.1 Å². The Balaban J connectivity index is 1.68. The van der Waals surface area contributed by atoms with Gasteiger partial charge < -0.3 is 13.7 Å². The lowest BCUT2D eigenvalue weighted by Crippen LogP contribution is -2.34. The Labute approximate surface area is 180 Å². The summed E-state index contributed by atoms with van der Waals surface area (Å²) in [5, 5.41) is 1.95. The molecule has 4 aromatic rings. The molecule has 5 nitrogen and oxygen atoms in total. The van der Waals surface area contributed by atoms with Gasteiger partial charge in [-0.15, -0.1) is 11.3 Å². The van der Waals surface area contributed by atoms with Gasteiger partial charge in [0.2, 0.25) is 5.91 Å². The predicted octanol–water partition coefficient (Wildman–Crippen LogP) is 5.83. The van der Waals surface area contributed by atoms with Crippen LogP contribution in [0, 0.1) is 0 Å². The molecule has 0 radical (unpaired) electrons. The molecular weight excluding hydrogens is 427 g/mol. The summed E-state index contributed by atoms with van der Waals surface area (Å²) in [4.78, 5) is 19.9. The number of hydrogen-bond acceptors (Lipinski definition) is 4. The number of hydrogen-bond donors (Lipinski definition) is 0. The number of rotatable bonds is 6. The third-order valence-electron chi connectivity index (χ3n) is 5.18. The minimum atomic E-state index is -4.59. The fourth-order valence-electron chi connectivity index (χ4n) is 3.63. The van der Waals surface area contributed by atoms with Crippen LogP contribution < -0.4 is 0 Å². The van der Waals surface area contributed by atoms with Crippen molar-refractivity contribution in [2.24, 2.45) is 0 Å². The van der Waals surface area contributed by atoms with Gasteiger partial charge in [-0.05, 0) is 37.4 Å². The highest BCUT2D eigenvalue weighted by Crippen LogP contribution is 2.35. The number of fused-ring (bicyclic) bond motifs is 1. The number of carbonyl (C=O) groups excluding carboxylic acids is 1. The van der Waals surface area contributed by atoms with E-state index in [1.54, 1.807) is 28.5 Å². The minimum Gasteiger partial charge on any atom is -0.472 e. The molecule has 0 aliphatic carbocycles. The summed E-state index contributed by atoms with van der Waals surface area (Å²) in [5.74, 6) is -0.185. The summed E-state index contributed by atoms with van der Waals surface area (Å²) in [6, 6.07) is 6.41. The van der Waals surface area contributed by atoms with E-state index < -0.39 is 11.7 Å².